The van der Waals surface area contributed by atoms with Crippen molar-refractivity contribution in [2.45, 2.75) is 32.9 Å². The molecule has 1 atom stereocenters. The highest BCUT2D eigenvalue weighted by molar-refractivity contribution is 5.93. The van der Waals surface area contributed by atoms with Crippen LogP contribution in [0.2, 0.25) is 0 Å². The Kier molecular flexibility index (Phi) is 6.73. The zero-order chi connectivity index (χ0) is 15.0. The molecule has 0 heterocycles. The molecule has 0 radical (unpaired) electrons. The van der Waals surface area contributed by atoms with Crippen molar-refractivity contribution in [1.29, 1.82) is 0 Å². The van der Waals surface area contributed by atoms with Crippen molar-refractivity contribution in [3.8, 4) is 0 Å². The minimum Gasteiger partial charge on any atom is -0.355 e. The molecule has 3 N–H and O–H groups in total. The first-order valence-corrected chi connectivity index (χ1v) is 6.90. The molecule has 0 fully saturated rings. The molecule has 2 amide bonds. The molecule has 0 aliphatic heterocycles. The van der Waals surface area contributed by atoms with E-state index in [0.29, 0.717) is 18.7 Å². The molecular weight excluding hydrogens is 254 g/mol. The van der Waals surface area contributed by atoms with Crippen molar-refractivity contribution in [3.05, 3.63) is 35.4 Å². The summed E-state index contributed by atoms with van der Waals surface area (Å²) < 4.78 is 0. The lowest BCUT2D eigenvalue weighted by atomic mass is 10.1. The Morgan fingerprint density at radius 3 is 2.40 bits per heavy atom. The Bertz CT molecular complexity index is 443. The van der Waals surface area contributed by atoms with E-state index in [-0.39, 0.29) is 17.9 Å². The van der Waals surface area contributed by atoms with Crippen LogP contribution < -0.4 is 16.0 Å². The molecule has 1 aromatic rings. The van der Waals surface area contributed by atoms with Gasteiger partial charge < -0.3 is 16.0 Å². The highest BCUT2D eigenvalue weighted by Crippen LogP contribution is 2.04. The summed E-state index contributed by atoms with van der Waals surface area (Å²) in [6, 6.07) is 7.08. The average Bonchev–Trinajstić information content (AvgIpc) is 2.49. The minimum absolute atomic E-state index is 0.00818. The molecule has 0 saturated heterocycles. The first-order chi connectivity index (χ1) is 9.58. The summed E-state index contributed by atoms with van der Waals surface area (Å²) in [7, 11) is 1.61. The normalized spacial score (nSPS) is 11.8. The molecule has 0 saturated carbocycles. The van der Waals surface area contributed by atoms with Crippen LogP contribution in [0.3, 0.4) is 0 Å². The lowest BCUT2D eigenvalue weighted by Gasteiger charge is -2.13. The predicted octanol–water partition coefficient (Wildman–Crippen LogP) is 1.05. The minimum atomic E-state index is -0.236. The first-order valence-electron chi connectivity index (χ1n) is 6.90. The highest BCUT2D eigenvalue weighted by atomic mass is 16.2. The van der Waals surface area contributed by atoms with Crippen LogP contribution in [0.5, 0.6) is 0 Å². The van der Waals surface area contributed by atoms with Gasteiger partial charge >= 0.3 is 0 Å². The second-order valence-electron chi connectivity index (χ2n) is 4.67. The van der Waals surface area contributed by atoms with Crippen LogP contribution in [0.25, 0.3) is 0 Å². The standard InChI is InChI=1S/C15H23N3O2/c1-4-9-17-14(19)11(2)18-10-12-5-7-13(8-6-12)15(20)16-3/h5-8,11,18H,4,9-10H2,1-3H3,(H,16,20)(H,17,19). The second-order valence-corrected chi connectivity index (χ2v) is 4.67. The van der Waals surface area contributed by atoms with Crippen molar-refractivity contribution in [3.63, 3.8) is 0 Å². The van der Waals surface area contributed by atoms with Crippen LogP contribution >= 0.6 is 0 Å². The van der Waals surface area contributed by atoms with Gasteiger partial charge in [0.25, 0.3) is 5.91 Å². The van der Waals surface area contributed by atoms with E-state index in [1.165, 1.54) is 0 Å². The van der Waals surface area contributed by atoms with Crippen molar-refractivity contribution in [2.75, 3.05) is 13.6 Å². The van der Waals surface area contributed by atoms with Crippen LogP contribution in [0.1, 0.15) is 36.2 Å². The number of carbonyl (C=O) groups excluding carboxylic acids is 2. The summed E-state index contributed by atoms with van der Waals surface area (Å²) in [5.74, 6) is -0.0920. The van der Waals surface area contributed by atoms with Gasteiger partial charge in [-0.25, -0.2) is 0 Å². The van der Waals surface area contributed by atoms with E-state index >= 15 is 0 Å². The fraction of sp³-hybridized carbons (Fsp3) is 0.467. The maximum atomic E-state index is 11.7. The summed E-state index contributed by atoms with van der Waals surface area (Å²) in [4.78, 5) is 23.1. The lowest BCUT2D eigenvalue weighted by Crippen LogP contribution is -2.42. The molecule has 1 rings (SSSR count). The van der Waals surface area contributed by atoms with Gasteiger partial charge in [-0.15, -0.1) is 0 Å². The Balaban J connectivity index is 2.45. The molecule has 0 aromatic heterocycles. The lowest BCUT2D eigenvalue weighted by molar-refractivity contribution is -0.122. The fourth-order valence-electron chi connectivity index (χ4n) is 1.68. The van der Waals surface area contributed by atoms with Crippen molar-refractivity contribution < 1.29 is 9.59 Å². The van der Waals surface area contributed by atoms with Gasteiger partial charge in [-0.3, -0.25) is 9.59 Å². The summed E-state index contributed by atoms with van der Waals surface area (Å²) in [6.07, 6.45) is 0.930. The molecule has 5 heteroatoms. The molecule has 1 unspecified atom stereocenters. The van der Waals surface area contributed by atoms with Gasteiger partial charge in [-0.1, -0.05) is 19.1 Å². The Morgan fingerprint density at radius 1 is 1.20 bits per heavy atom. The number of nitrogens with one attached hydrogen (secondary N) is 3. The van der Waals surface area contributed by atoms with Gasteiger partial charge in [-0.05, 0) is 31.0 Å². The van der Waals surface area contributed by atoms with Crippen LogP contribution in [0.15, 0.2) is 24.3 Å². The average molecular weight is 277 g/mol. The SMILES string of the molecule is CCCNC(=O)C(C)NCc1ccc(C(=O)NC)cc1. The van der Waals surface area contributed by atoms with Crippen LogP contribution in [-0.4, -0.2) is 31.4 Å². The van der Waals surface area contributed by atoms with E-state index in [1.54, 1.807) is 19.2 Å². The van der Waals surface area contributed by atoms with E-state index < -0.39 is 0 Å². The van der Waals surface area contributed by atoms with Gasteiger partial charge in [0.1, 0.15) is 0 Å². The van der Waals surface area contributed by atoms with Crippen molar-refractivity contribution in [2.24, 2.45) is 0 Å². The van der Waals surface area contributed by atoms with Crippen molar-refractivity contribution >= 4 is 11.8 Å². The molecule has 110 valence electrons. The van der Waals surface area contributed by atoms with Crippen molar-refractivity contribution in [1.82, 2.24) is 16.0 Å². The number of carbonyl (C=O) groups is 2. The number of benzene rings is 1. The maximum Gasteiger partial charge on any atom is 0.251 e. The molecular formula is C15H23N3O2. The zero-order valence-electron chi connectivity index (χ0n) is 12.3. The fourth-order valence-corrected chi connectivity index (χ4v) is 1.68. The molecule has 0 aliphatic carbocycles. The molecule has 1 aromatic carbocycles. The van der Waals surface area contributed by atoms with Crippen LogP contribution in [0, 0.1) is 0 Å². The Hall–Kier alpha value is -1.88. The topological polar surface area (TPSA) is 70.2 Å². The molecule has 0 aliphatic rings. The smallest absolute Gasteiger partial charge is 0.251 e. The second kappa shape index (κ2) is 8.32. The van der Waals surface area contributed by atoms with Crippen LogP contribution in [-0.2, 0) is 11.3 Å². The summed E-state index contributed by atoms with van der Waals surface area (Å²) in [6.45, 7) is 5.15. The summed E-state index contributed by atoms with van der Waals surface area (Å²) in [5, 5.41) is 8.58. The van der Waals surface area contributed by atoms with Crippen LogP contribution in [0.4, 0.5) is 0 Å². The van der Waals surface area contributed by atoms with E-state index in [0.717, 1.165) is 12.0 Å². The molecule has 0 spiro atoms. The van der Waals surface area contributed by atoms with Gasteiger partial charge in [0, 0.05) is 25.7 Å². The third kappa shape index (κ3) is 5.01. The number of amides is 2. The quantitative estimate of drug-likeness (QED) is 0.697. The number of hydrogen-bond acceptors (Lipinski definition) is 3. The first kappa shape index (κ1) is 16.2. The zero-order valence-corrected chi connectivity index (χ0v) is 12.3. The Labute approximate surface area is 120 Å². The number of rotatable bonds is 7. The predicted molar refractivity (Wildman–Crippen MR) is 79.4 cm³/mol. The van der Waals surface area contributed by atoms with Gasteiger partial charge in [0.05, 0.1) is 6.04 Å². The van der Waals surface area contributed by atoms with Gasteiger partial charge in [-0.2, -0.15) is 0 Å². The van der Waals surface area contributed by atoms with E-state index in [9.17, 15) is 9.59 Å². The monoisotopic (exact) mass is 277 g/mol. The third-order valence-corrected chi connectivity index (χ3v) is 3.00. The summed E-state index contributed by atoms with van der Waals surface area (Å²) in [5.41, 5.74) is 1.66. The van der Waals surface area contributed by atoms with Gasteiger partial charge in [0.15, 0.2) is 0 Å². The highest BCUT2D eigenvalue weighted by Gasteiger charge is 2.11. The Morgan fingerprint density at radius 2 is 1.85 bits per heavy atom. The molecule has 0 bridgehead atoms. The maximum absolute atomic E-state index is 11.7. The summed E-state index contributed by atoms with van der Waals surface area (Å²) >= 11 is 0. The molecule has 20 heavy (non-hydrogen) atoms. The number of hydrogen-bond donors (Lipinski definition) is 3. The largest absolute Gasteiger partial charge is 0.355 e. The van der Waals surface area contributed by atoms with E-state index in [1.807, 2.05) is 26.0 Å². The van der Waals surface area contributed by atoms with E-state index in [4.69, 9.17) is 0 Å². The molecule has 5 nitrogen and oxygen atoms in total. The van der Waals surface area contributed by atoms with E-state index in [2.05, 4.69) is 16.0 Å². The third-order valence-electron chi connectivity index (χ3n) is 3.00. The van der Waals surface area contributed by atoms with Gasteiger partial charge in [0.2, 0.25) is 5.91 Å².